The van der Waals surface area contributed by atoms with Gasteiger partial charge in [0.1, 0.15) is 5.75 Å². The summed E-state index contributed by atoms with van der Waals surface area (Å²) in [4.78, 5) is 15.2. The van der Waals surface area contributed by atoms with E-state index in [0.29, 0.717) is 24.8 Å². The summed E-state index contributed by atoms with van der Waals surface area (Å²) in [7, 11) is -1.90. The molecule has 1 fully saturated rings. The van der Waals surface area contributed by atoms with E-state index >= 15 is 0 Å². The molecule has 1 aliphatic rings. The van der Waals surface area contributed by atoms with Gasteiger partial charge in [-0.25, -0.2) is 8.42 Å². The van der Waals surface area contributed by atoms with Crippen molar-refractivity contribution in [3.63, 3.8) is 0 Å². The Morgan fingerprint density at radius 1 is 1.31 bits per heavy atom. The Labute approximate surface area is 156 Å². The third-order valence-corrected chi connectivity index (χ3v) is 6.67. The Morgan fingerprint density at radius 3 is 2.73 bits per heavy atom. The highest BCUT2D eigenvalue weighted by Gasteiger charge is 2.25. The van der Waals surface area contributed by atoms with E-state index in [2.05, 4.69) is 17.1 Å². The Hall–Kier alpha value is -1.60. The Balaban J connectivity index is 2.14. The number of carbonyl (C=O) groups is 1. The van der Waals surface area contributed by atoms with Crippen LogP contribution in [0.1, 0.15) is 49.9 Å². The average Bonchev–Trinajstić information content (AvgIpc) is 3.06. The van der Waals surface area contributed by atoms with E-state index in [-0.39, 0.29) is 22.1 Å². The van der Waals surface area contributed by atoms with Crippen molar-refractivity contribution in [2.75, 3.05) is 32.5 Å². The van der Waals surface area contributed by atoms with Crippen molar-refractivity contribution >= 4 is 15.7 Å². The van der Waals surface area contributed by atoms with Gasteiger partial charge < -0.3 is 10.1 Å². The van der Waals surface area contributed by atoms with Crippen LogP contribution in [0.4, 0.5) is 0 Å². The summed E-state index contributed by atoms with van der Waals surface area (Å²) in [6.07, 6.45) is 3.84. The monoisotopic (exact) mass is 382 g/mol. The number of benzene rings is 1. The SMILES string of the molecule is CCCN1CCCC1CNC(=O)c1cc(S(=O)(=O)CCC)ccc1OC. The van der Waals surface area contributed by atoms with Gasteiger partial charge in [-0.3, -0.25) is 9.69 Å². The van der Waals surface area contributed by atoms with Gasteiger partial charge in [0.15, 0.2) is 9.84 Å². The molecule has 0 aromatic heterocycles. The van der Waals surface area contributed by atoms with Crippen LogP contribution in [0.25, 0.3) is 0 Å². The predicted molar refractivity (Wildman–Crippen MR) is 103 cm³/mol. The molecule has 6 nitrogen and oxygen atoms in total. The number of hydrogen-bond acceptors (Lipinski definition) is 5. The van der Waals surface area contributed by atoms with Crippen LogP contribution in [-0.2, 0) is 9.84 Å². The molecule has 1 aliphatic heterocycles. The fourth-order valence-electron chi connectivity index (χ4n) is 3.46. The van der Waals surface area contributed by atoms with Crippen molar-refractivity contribution < 1.29 is 17.9 Å². The smallest absolute Gasteiger partial charge is 0.255 e. The number of rotatable bonds is 9. The topological polar surface area (TPSA) is 75.7 Å². The van der Waals surface area contributed by atoms with Crippen LogP contribution in [0.15, 0.2) is 23.1 Å². The third-order valence-electron chi connectivity index (χ3n) is 4.76. The van der Waals surface area contributed by atoms with Gasteiger partial charge in [0.25, 0.3) is 5.91 Å². The van der Waals surface area contributed by atoms with Crippen LogP contribution >= 0.6 is 0 Å². The zero-order valence-electron chi connectivity index (χ0n) is 16.0. The van der Waals surface area contributed by atoms with E-state index in [0.717, 1.165) is 32.4 Å². The van der Waals surface area contributed by atoms with Crippen molar-refractivity contribution in [2.24, 2.45) is 0 Å². The summed E-state index contributed by atoms with van der Waals surface area (Å²) in [6.45, 7) is 6.64. The molecule has 1 N–H and O–H groups in total. The average molecular weight is 383 g/mol. The van der Waals surface area contributed by atoms with Crippen LogP contribution < -0.4 is 10.1 Å². The molecule has 0 spiro atoms. The Bertz CT molecular complexity index is 718. The van der Waals surface area contributed by atoms with Crippen molar-refractivity contribution in [3.05, 3.63) is 23.8 Å². The summed E-state index contributed by atoms with van der Waals surface area (Å²) in [5, 5.41) is 2.96. The van der Waals surface area contributed by atoms with E-state index in [1.54, 1.807) is 6.07 Å². The molecule has 1 unspecified atom stereocenters. The predicted octanol–water partition coefficient (Wildman–Crippen LogP) is 2.48. The molecule has 1 atom stereocenters. The molecule has 0 aliphatic carbocycles. The summed E-state index contributed by atoms with van der Waals surface area (Å²) in [5.74, 6) is 0.155. The minimum absolute atomic E-state index is 0.0639. The lowest BCUT2D eigenvalue weighted by molar-refractivity contribution is 0.0937. The van der Waals surface area contributed by atoms with Crippen molar-refractivity contribution in [1.29, 1.82) is 0 Å². The molecule has 1 aromatic carbocycles. The molecule has 26 heavy (non-hydrogen) atoms. The van der Waals surface area contributed by atoms with Crippen LogP contribution in [0.2, 0.25) is 0 Å². The molecule has 7 heteroatoms. The second kappa shape index (κ2) is 9.37. The Morgan fingerprint density at radius 2 is 2.08 bits per heavy atom. The second-order valence-corrected chi connectivity index (χ2v) is 8.83. The molecule has 1 aromatic rings. The van der Waals surface area contributed by atoms with Gasteiger partial charge in [0, 0.05) is 12.6 Å². The number of methoxy groups -OCH3 is 1. The molecule has 1 amide bonds. The number of nitrogens with one attached hydrogen (secondary N) is 1. The molecule has 2 rings (SSSR count). The fourth-order valence-corrected chi connectivity index (χ4v) is 4.80. The number of likely N-dealkylation sites (tertiary alicyclic amines) is 1. The van der Waals surface area contributed by atoms with E-state index in [4.69, 9.17) is 4.74 Å². The molecular formula is C19H30N2O4S. The van der Waals surface area contributed by atoms with Gasteiger partial charge in [-0.15, -0.1) is 0 Å². The summed E-state index contributed by atoms with van der Waals surface area (Å²) >= 11 is 0. The maximum Gasteiger partial charge on any atom is 0.255 e. The highest BCUT2D eigenvalue weighted by molar-refractivity contribution is 7.91. The second-order valence-electron chi connectivity index (χ2n) is 6.72. The summed E-state index contributed by atoms with van der Waals surface area (Å²) in [5.41, 5.74) is 0.268. The third kappa shape index (κ3) is 4.98. The lowest BCUT2D eigenvalue weighted by Crippen LogP contribution is -2.40. The van der Waals surface area contributed by atoms with Gasteiger partial charge in [0.05, 0.1) is 23.3 Å². The molecule has 1 heterocycles. The molecular weight excluding hydrogens is 352 g/mol. The summed E-state index contributed by atoms with van der Waals surface area (Å²) < 4.78 is 29.9. The maximum absolute atomic E-state index is 12.7. The van der Waals surface area contributed by atoms with Gasteiger partial charge in [-0.05, 0) is 57.0 Å². The highest BCUT2D eigenvalue weighted by atomic mass is 32.2. The number of sulfone groups is 1. The first-order chi connectivity index (χ1) is 12.4. The lowest BCUT2D eigenvalue weighted by Gasteiger charge is -2.24. The largest absolute Gasteiger partial charge is 0.496 e. The standard InChI is InChI=1S/C19H30N2O4S/c1-4-10-21-11-6-7-15(21)14-20-19(22)17-13-16(8-9-18(17)25-3)26(23,24)12-5-2/h8-9,13,15H,4-7,10-12,14H2,1-3H3,(H,20,22). The summed E-state index contributed by atoms with van der Waals surface area (Å²) in [6, 6.07) is 4.83. The minimum atomic E-state index is -3.38. The van der Waals surface area contributed by atoms with E-state index in [1.807, 2.05) is 6.92 Å². The number of ether oxygens (including phenoxy) is 1. The number of hydrogen-bond donors (Lipinski definition) is 1. The zero-order valence-corrected chi connectivity index (χ0v) is 16.8. The quantitative estimate of drug-likeness (QED) is 0.710. The van der Waals surface area contributed by atoms with Crippen LogP contribution in [0.3, 0.4) is 0 Å². The van der Waals surface area contributed by atoms with Crippen LogP contribution in [0, 0.1) is 0 Å². The van der Waals surface area contributed by atoms with E-state index in [9.17, 15) is 13.2 Å². The van der Waals surface area contributed by atoms with Crippen molar-refractivity contribution in [3.8, 4) is 5.75 Å². The van der Waals surface area contributed by atoms with E-state index in [1.165, 1.54) is 19.2 Å². The number of nitrogens with zero attached hydrogens (tertiary/aromatic N) is 1. The maximum atomic E-state index is 12.7. The first-order valence-corrected chi connectivity index (χ1v) is 11.0. The Kier molecular flexibility index (Phi) is 7.46. The molecule has 0 bridgehead atoms. The van der Waals surface area contributed by atoms with Gasteiger partial charge in [-0.2, -0.15) is 0 Å². The number of carbonyl (C=O) groups excluding carboxylic acids is 1. The fraction of sp³-hybridized carbons (Fsp3) is 0.632. The molecule has 1 saturated heterocycles. The molecule has 0 saturated carbocycles. The van der Waals surface area contributed by atoms with Gasteiger partial charge in [0.2, 0.25) is 0 Å². The van der Waals surface area contributed by atoms with Crippen molar-refractivity contribution in [1.82, 2.24) is 10.2 Å². The minimum Gasteiger partial charge on any atom is -0.496 e. The first-order valence-electron chi connectivity index (χ1n) is 9.36. The van der Waals surface area contributed by atoms with Gasteiger partial charge in [-0.1, -0.05) is 13.8 Å². The zero-order chi connectivity index (χ0) is 19.2. The van der Waals surface area contributed by atoms with Crippen LogP contribution in [-0.4, -0.2) is 57.8 Å². The van der Waals surface area contributed by atoms with E-state index < -0.39 is 9.84 Å². The van der Waals surface area contributed by atoms with Gasteiger partial charge >= 0.3 is 0 Å². The van der Waals surface area contributed by atoms with Crippen molar-refractivity contribution in [2.45, 2.75) is 50.5 Å². The molecule has 146 valence electrons. The number of amides is 1. The highest BCUT2D eigenvalue weighted by Crippen LogP contribution is 2.24. The molecule has 0 radical (unpaired) electrons. The van der Waals surface area contributed by atoms with Crippen LogP contribution in [0.5, 0.6) is 5.75 Å². The normalized spacial score (nSPS) is 18.0. The first kappa shape index (κ1) is 20.7. The lowest BCUT2D eigenvalue weighted by atomic mass is 10.1.